The summed E-state index contributed by atoms with van der Waals surface area (Å²) in [5, 5.41) is 6.71. The van der Waals surface area contributed by atoms with E-state index in [2.05, 4.69) is 22.3 Å². The minimum atomic E-state index is -0.295. The van der Waals surface area contributed by atoms with Gasteiger partial charge in [-0.15, -0.1) is 5.10 Å². The molecule has 2 aromatic rings. The van der Waals surface area contributed by atoms with Gasteiger partial charge in [-0.3, -0.25) is 9.48 Å². The van der Waals surface area contributed by atoms with E-state index in [4.69, 9.17) is 18.9 Å². The number of hydrogen-bond acceptors (Lipinski definition) is 6. The Morgan fingerprint density at radius 1 is 1.36 bits per heavy atom. The van der Waals surface area contributed by atoms with Gasteiger partial charge < -0.3 is 24.3 Å². The molecule has 0 atom stereocenters. The highest BCUT2D eigenvalue weighted by atomic mass is 16.7. The quantitative estimate of drug-likeness (QED) is 0.815. The van der Waals surface area contributed by atoms with Crippen LogP contribution in [0.1, 0.15) is 10.4 Å². The molecule has 0 spiro atoms. The molecule has 130 valence electrons. The second kappa shape index (κ2) is 7.49. The van der Waals surface area contributed by atoms with Crippen molar-refractivity contribution in [2.45, 2.75) is 0 Å². The molecule has 1 aromatic heterocycles. The van der Waals surface area contributed by atoms with E-state index < -0.39 is 0 Å². The van der Waals surface area contributed by atoms with E-state index in [1.54, 1.807) is 31.4 Å². The number of ether oxygens (including phenoxy) is 4. The Kier molecular flexibility index (Phi) is 4.95. The summed E-state index contributed by atoms with van der Waals surface area (Å²) in [4.78, 5) is 12.0. The summed E-state index contributed by atoms with van der Waals surface area (Å²) in [5.41, 5.74) is 0.364. The van der Waals surface area contributed by atoms with E-state index in [0.29, 0.717) is 22.8 Å². The minimum absolute atomic E-state index is 0.196. The van der Waals surface area contributed by atoms with E-state index >= 15 is 0 Å². The molecular weight excluding hydrogens is 326 g/mol. The van der Waals surface area contributed by atoms with Gasteiger partial charge in [0.05, 0.1) is 13.7 Å². The molecule has 0 unspecified atom stereocenters. The first-order valence-electron chi connectivity index (χ1n) is 7.51. The van der Waals surface area contributed by atoms with Gasteiger partial charge in [0, 0.05) is 19.3 Å². The number of nitrogens with one attached hydrogen (secondary N) is 1. The van der Waals surface area contributed by atoms with Crippen LogP contribution in [0.15, 0.2) is 24.4 Å². The Labute approximate surface area is 144 Å². The highest BCUT2D eigenvalue weighted by molar-refractivity contribution is 5.96. The van der Waals surface area contributed by atoms with Gasteiger partial charge in [0.25, 0.3) is 5.91 Å². The first-order valence-corrected chi connectivity index (χ1v) is 7.51. The lowest BCUT2D eigenvalue weighted by atomic mass is 10.3. The molecule has 1 aromatic carbocycles. The molecule has 0 bridgehead atoms. The lowest BCUT2D eigenvalue weighted by Gasteiger charge is -2.03. The Morgan fingerprint density at radius 2 is 2.20 bits per heavy atom. The molecule has 0 radical (unpaired) electrons. The maximum Gasteiger partial charge on any atom is 0.259 e. The summed E-state index contributed by atoms with van der Waals surface area (Å²) >= 11 is 0. The maximum absolute atomic E-state index is 12.0. The van der Waals surface area contributed by atoms with Crippen LogP contribution in [-0.2, 0) is 7.05 Å². The van der Waals surface area contributed by atoms with Gasteiger partial charge in [-0.05, 0) is 12.1 Å². The van der Waals surface area contributed by atoms with Crippen molar-refractivity contribution in [3.63, 3.8) is 0 Å². The third-order valence-electron chi connectivity index (χ3n) is 3.35. The molecular formula is C17H17N3O5. The zero-order valence-corrected chi connectivity index (χ0v) is 13.9. The number of nitrogens with zero attached hydrogens (tertiary/aromatic N) is 2. The van der Waals surface area contributed by atoms with Gasteiger partial charge in [0.1, 0.15) is 17.9 Å². The molecule has 0 saturated carbocycles. The van der Waals surface area contributed by atoms with Crippen LogP contribution < -0.4 is 24.3 Å². The molecule has 0 aliphatic carbocycles. The normalized spacial score (nSPS) is 11.4. The fourth-order valence-electron chi connectivity index (χ4n) is 2.19. The summed E-state index contributed by atoms with van der Waals surface area (Å²) in [5.74, 6) is 7.63. The second-order valence-electron chi connectivity index (χ2n) is 5.07. The lowest BCUT2D eigenvalue weighted by molar-refractivity contribution is 0.0955. The van der Waals surface area contributed by atoms with Crippen molar-refractivity contribution < 1.29 is 23.7 Å². The number of aromatic nitrogens is 2. The van der Waals surface area contributed by atoms with Crippen molar-refractivity contribution in [3.05, 3.63) is 30.0 Å². The predicted octanol–water partition coefficient (Wildman–Crippen LogP) is 0.970. The topological polar surface area (TPSA) is 83.8 Å². The van der Waals surface area contributed by atoms with Crippen LogP contribution in [0.2, 0.25) is 0 Å². The number of aryl methyl sites for hydroxylation is 1. The summed E-state index contributed by atoms with van der Waals surface area (Å²) in [6.07, 6.45) is 1.59. The minimum Gasteiger partial charge on any atom is -0.481 e. The number of amides is 1. The number of carbonyl (C=O) groups is 1. The second-order valence-corrected chi connectivity index (χ2v) is 5.07. The van der Waals surface area contributed by atoms with Crippen molar-refractivity contribution in [3.8, 4) is 35.0 Å². The van der Waals surface area contributed by atoms with Gasteiger partial charge in [0.2, 0.25) is 12.7 Å². The Hall–Kier alpha value is -3.34. The molecule has 0 fully saturated rings. The van der Waals surface area contributed by atoms with Crippen LogP contribution in [0.25, 0.3) is 0 Å². The molecule has 1 N–H and O–H groups in total. The lowest BCUT2D eigenvalue weighted by Crippen LogP contribution is -2.23. The number of fused-ring (bicyclic) bond motifs is 1. The van der Waals surface area contributed by atoms with E-state index in [1.165, 1.54) is 11.8 Å². The van der Waals surface area contributed by atoms with Crippen LogP contribution in [0, 0.1) is 11.8 Å². The monoisotopic (exact) mass is 343 g/mol. The Bertz CT molecular complexity index is 835. The number of rotatable bonds is 5. The summed E-state index contributed by atoms with van der Waals surface area (Å²) in [6.45, 7) is 0.618. The van der Waals surface area contributed by atoms with Gasteiger partial charge >= 0.3 is 0 Å². The largest absolute Gasteiger partial charge is 0.481 e. The molecule has 2 heterocycles. The van der Waals surface area contributed by atoms with Gasteiger partial charge in [-0.2, -0.15) is 0 Å². The number of benzene rings is 1. The first-order chi connectivity index (χ1) is 12.2. The molecule has 1 aliphatic heterocycles. The Morgan fingerprint density at radius 3 is 3.04 bits per heavy atom. The van der Waals surface area contributed by atoms with E-state index in [9.17, 15) is 4.79 Å². The van der Waals surface area contributed by atoms with Crippen LogP contribution in [0.3, 0.4) is 0 Å². The van der Waals surface area contributed by atoms with E-state index in [0.717, 1.165) is 0 Å². The third kappa shape index (κ3) is 3.95. The zero-order valence-electron chi connectivity index (χ0n) is 13.9. The molecule has 1 aliphatic rings. The highest BCUT2D eigenvalue weighted by Gasteiger charge is 2.15. The molecule has 25 heavy (non-hydrogen) atoms. The third-order valence-corrected chi connectivity index (χ3v) is 3.35. The summed E-state index contributed by atoms with van der Waals surface area (Å²) in [6, 6.07) is 5.32. The average Bonchev–Trinajstić information content (AvgIpc) is 3.23. The van der Waals surface area contributed by atoms with Crippen LogP contribution in [-0.4, -0.2) is 42.7 Å². The fourth-order valence-corrected chi connectivity index (χ4v) is 2.19. The van der Waals surface area contributed by atoms with Crippen molar-refractivity contribution >= 4 is 5.91 Å². The van der Waals surface area contributed by atoms with Crippen LogP contribution >= 0.6 is 0 Å². The fraction of sp³-hybridized carbons (Fsp3) is 0.294. The average molecular weight is 343 g/mol. The number of methoxy groups -OCH3 is 1. The smallest absolute Gasteiger partial charge is 0.259 e. The standard InChI is InChI=1S/C17H17N3O5/c1-20-10-13(17(19-20)22-2)16(21)18-7-3-4-8-23-12-5-6-14-15(9-12)25-11-24-14/h5-6,9-10H,7-8,11H2,1-2H3,(H,18,21). The van der Waals surface area contributed by atoms with Crippen molar-refractivity contribution in [2.24, 2.45) is 7.05 Å². The van der Waals surface area contributed by atoms with E-state index in [-0.39, 0.29) is 31.7 Å². The van der Waals surface area contributed by atoms with Gasteiger partial charge in [-0.25, -0.2) is 0 Å². The van der Waals surface area contributed by atoms with Gasteiger partial charge in [-0.1, -0.05) is 11.8 Å². The van der Waals surface area contributed by atoms with Crippen molar-refractivity contribution in [2.75, 3.05) is 27.1 Å². The molecule has 8 heteroatoms. The highest BCUT2D eigenvalue weighted by Crippen LogP contribution is 2.34. The Balaban J connectivity index is 1.44. The summed E-state index contributed by atoms with van der Waals surface area (Å²) < 4.78 is 22.6. The van der Waals surface area contributed by atoms with Crippen molar-refractivity contribution in [1.82, 2.24) is 15.1 Å². The summed E-state index contributed by atoms with van der Waals surface area (Å²) in [7, 11) is 3.18. The number of hydrogen-bond donors (Lipinski definition) is 1. The molecule has 1 amide bonds. The first kappa shape index (κ1) is 16.5. The zero-order chi connectivity index (χ0) is 17.6. The predicted molar refractivity (Wildman–Crippen MR) is 87.9 cm³/mol. The molecule has 3 rings (SSSR count). The van der Waals surface area contributed by atoms with Gasteiger partial charge in [0.15, 0.2) is 11.5 Å². The molecule has 8 nitrogen and oxygen atoms in total. The van der Waals surface area contributed by atoms with Crippen molar-refractivity contribution in [1.29, 1.82) is 0 Å². The van der Waals surface area contributed by atoms with Crippen LogP contribution in [0.4, 0.5) is 0 Å². The molecule has 0 saturated heterocycles. The maximum atomic E-state index is 12.0. The SMILES string of the molecule is COc1nn(C)cc1C(=O)NCC#CCOc1ccc2c(c1)OCO2. The van der Waals surface area contributed by atoms with E-state index in [1.807, 2.05) is 0 Å². The van der Waals surface area contributed by atoms with Crippen LogP contribution in [0.5, 0.6) is 23.1 Å². The number of carbonyl (C=O) groups excluding carboxylic acids is 1.